The molecule has 0 unspecified atom stereocenters. The Morgan fingerprint density at radius 3 is 2.10 bits per heavy atom. The molecule has 0 saturated carbocycles. The van der Waals surface area contributed by atoms with Gasteiger partial charge in [-0.15, -0.1) is 0 Å². The summed E-state index contributed by atoms with van der Waals surface area (Å²) in [5.74, 6) is -1.29. The molecule has 0 spiro atoms. The number of alkyl halides is 3. The summed E-state index contributed by atoms with van der Waals surface area (Å²) in [4.78, 5) is 24.5. The monoisotopic (exact) mass is 283 g/mol. The fraction of sp³-hybridized carbons (Fsp3) is 0.0769. The van der Waals surface area contributed by atoms with Crippen LogP contribution in [0.5, 0.6) is 0 Å². The average Bonchev–Trinajstić information content (AvgIpc) is 2.37. The highest BCUT2D eigenvalue weighted by molar-refractivity contribution is 5.85. The molecule has 1 aromatic carbocycles. The van der Waals surface area contributed by atoms with E-state index in [1.807, 2.05) is 0 Å². The molecule has 2 aromatic rings. The molecule has 20 heavy (non-hydrogen) atoms. The smallest absolute Gasteiger partial charge is 0.416 e. The number of hydrogen-bond donors (Lipinski definition) is 2. The van der Waals surface area contributed by atoms with Crippen LogP contribution in [-0.2, 0) is 6.18 Å². The van der Waals surface area contributed by atoms with Gasteiger partial charge in [0.25, 0.3) is 5.56 Å². The van der Waals surface area contributed by atoms with Crippen LogP contribution in [0.3, 0.4) is 0 Å². The average molecular weight is 283 g/mol. The van der Waals surface area contributed by atoms with Crippen LogP contribution >= 0.6 is 0 Å². The number of hydrogen-bond acceptors (Lipinski definition) is 2. The maximum Gasteiger partial charge on any atom is 0.416 e. The zero-order chi connectivity index (χ0) is 14.9. The van der Waals surface area contributed by atoms with Gasteiger partial charge in [0.2, 0.25) is 0 Å². The molecule has 0 amide bonds. The molecule has 2 rings (SSSR count). The third kappa shape index (κ3) is 2.71. The van der Waals surface area contributed by atoms with E-state index in [9.17, 15) is 22.8 Å². The molecule has 0 fully saturated rings. The van der Waals surface area contributed by atoms with Gasteiger partial charge in [-0.25, -0.2) is 4.79 Å². The molecule has 0 aliphatic rings. The maximum absolute atomic E-state index is 12.4. The molecule has 0 atom stereocenters. The third-order valence-corrected chi connectivity index (χ3v) is 2.66. The van der Waals surface area contributed by atoms with Gasteiger partial charge in [0.15, 0.2) is 0 Å². The van der Waals surface area contributed by atoms with Gasteiger partial charge in [-0.2, -0.15) is 13.2 Å². The molecule has 0 aliphatic carbocycles. The van der Waals surface area contributed by atoms with E-state index in [1.54, 1.807) is 0 Å². The van der Waals surface area contributed by atoms with E-state index >= 15 is 0 Å². The SMILES string of the molecule is O=C(O)c1ccc(-c2ccc(C(F)(F)F)cc2)c(=O)[nH]1. The summed E-state index contributed by atoms with van der Waals surface area (Å²) < 4.78 is 37.2. The number of carboxylic acid groups (broad SMARTS) is 1. The van der Waals surface area contributed by atoms with Crippen LogP contribution in [0.25, 0.3) is 11.1 Å². The van der Waals surface area contributed by atoms with Gasteiger partial charge in [-0.1, -0.05) is 12.1 Å². The van der Waals surface area contributed by atoms with Crippen LogP contribution in [0.4, 0.5) is 13.2 Å². The first-order valence-corrected chi connectivity index (χ1v) is 5.43. The number of aromatic carboxylic acids is 1. The molecular weight excluding hydrogens is 275 g/mol. The lowest BCUT2D eigenvalue weighted by Gasteiger charge is -2.07. The number of carbonyl (C=O) groups is 1. The van der Waals surface area contributed by atoms with Crippen molar-refractivity contribution in [3.8, 4) is 11.1 Å². The lowest BCUT2D eigenvalue weighted by molar-refractivity contribution is -0.137. The van der Waals surface area contributed by atoms with E-state index in [-0.39, 0.29) is 16.8 Å². The molecule has 1 heterocycles. The number of carboxylic acids is 1. The van der Waals surface area contributed by atoms with Crippen molar-refractivity contribution >= 4 is 5.97 Å². The molecular formula is C13H8F3NO3. The van der Waals surface area contributed by atoms with Crippen molar-refractivity contribution in [2.24, 2.45) is 0 Å². The van der Waals surface area contributed by atoms with E-state index in [4.69, 9.17) is 5.11 Å². The van der Waals surface area contributed by atoms with E-state index in [0.717, 1.165) is 24.3 Å². The summed E-state index contributed by atoms with van der Waals surface area (Å²) in [7, 11) is 0. The zero-order valence-electron chi connectivity index (χ0n) is 9.86. The van der Waals surface area contributed by atoms with Crippen LogP contribution in [0, 0.1) is 0 Å². The molecule has 1 aromatic heterocycles. The van der Waals surface area contributed by atoms with Gasteiger partial charge < -0.3 is 10.1 Å². The number of benzene rings is 1. The Morgan fingerprint density at radius 1 is 1.05 bits per heavy atom. The van der Waals surface area contributed by atoms with Crippen molar-refractivity contribution in [3.63, 3.8) is 0 Å². The fourth-order valence-electron chi connectivity index (χ4n) is 1.66. The van der Waals surface area contributed by atoms with Crippen LogP contribution in [0.15, 0.2) is 41.2 Å². The first-order chi connectivity index (χ1) is 9.29. The summed E-state index contributed by atoms with van der Waals surface area (Å²) in [6.45, 7) is 0. The highest BCUT2D eigenvalue weighted by Crippen LogP contribution is 2.30. The highest BCUT2D eigenvalue weighted by atomic mass is 19.4. The molecule has 0 aliphatic heterocycles. The number of H-pyrrole nitrogens is 1. The third-order valence-electron chi connectivity index (χ3n) is 2.66. The quantitative estimate of drug-likeness (QED) is 0.890. The Labute approximate surface area is 110 Å². The largest absolute Gasteiger partial charge is 0.477 e. The van der Waals surface area contributed by atoms with Crippen molar-refractivity contribution in [1.82, 2.24) is 4.98 Å². The maximum atomic E-state index is 12.4. The molecule has 0 radical (unpaired) electrons. The number of aromatic nitrogens is 1. The van der Waals surface area contributed by atoms with Gasteiger partial charge in [-0.05, 0) is 29.8 Å². The summed E-state index contributed by atoms with van der Waals surface area (Å²) >= 11 is 0. The number of aromatic amines is 1. The Kier molecular flexibility index (Phi) is 3.35. The van der Waals surface area contributed by atoms with Crippen molar-refractivity contribution in [1.29, 1.82) is 0 Å². The van der Waals surface area contributed by atoms with E-state index in [0.29, 0.717) is 0 Å². The Morgan fingerprint density at radius 2 is 1.65 bits per heavy atom. The first-order valence-electron chi connectivity index (χ1n) is 5.43. The Hall–Kier alpha value is -2.57. The zero-order valence-corrected chi connectivity index (χ0v) is 9.86. The predicted octanol–water partition coefficient (Wildman–Crippen LogP) is 2.76. The minimum Gasteiger partial charge on any atom is -0.477 e. The molecule has 2 N–H and O–H groups in total. The van der Waals surface area contributed by atoms with E-state index in [1.165, 1.54) is 12.1 Å². The lowest BCUT2D eigenvalue weighted by Crippen LogP contribution is -2.14. The Bertz CT molecular complexity index is 702. The molecule has 4 nitrogen and oxygen atoms in total. The predicted molar refractivity (Wildman–Crippen MR) is 64.5 cm³/mol. The summed E-state index contributed by atoms with van der Waals surface area (Å²) in [6, 6.07) is 6.48. The summed E-state index contributed by atoms with van der Waals surface area (Å²) in [5.41, 5.74) is -1.41. The van der Waals surface area contributed by atoms with Gasteiger partial charge in [0.05, 0.1) is 5.56 Å². The van der Waals surface area contributed by atoms with Crippen molar-refractivity contribution in [2.45, 2.75) is 6.18 Å². The molecule has 104 valence electrons. The first kappa shape index (κ1) is 13.9. The van der Waals surface area contributed by atoms with Crippen molar-refractivity contribution in [2.75, 3.05) is 0 Å². The molecule has 7 heteroatoms. The minimum atomic E-state index is -4.45. The second-order valence-electron chi connectivity index (χ2n) is 4.00. The highest BCUT2D eigenvalue weighted by Gasteiger charge is 2.30. The summed E-state index contributed by atoms with van der Waals surface area (Å²) in [5, 5.41) is 8.70. The van der Waals surface area contributed by atoms with Crippen molar-refractivity contribution in [3.05, 3.63) is 58.0 Å². The van der Waals surface area contributed by atoms with Crippen LogP contribution < -0.4 is 5.56 Å². The Balaban J connectivity index is 2.42. The minimum absolute atomic E-state index is 0.101. The topological polar surface area (TPSA) is 70.2 Å². The molecule has 0 saturated heterocycles. The van der Waals surface area contributed by atoms with Gasteiger partial charge >= 0.3 is 12.1 Å². The fourth-order valence-corrected chi connectivity index (χ4v) is 1.66. The van der Waals surface area contributed by atoms with Crippen LogP contribution in [0.1, 0.15) is 16.1 Å². The van der Waals surface area contributed by atoms with Gasteiger partial charge in [0, 0.05) is 5.56 Å². The van der Waals surface area contributed by atoms with Gasteiger partial charge in [-0.3, -0.25) is 4.79 Å². The van der Waals surface area contributed by atoms with Crippen molar-refractivity contribution < 1.29 is 23.1 Å². The van der Waals surface area contributed by atoms with Gasteiger partial charge in [0.1, 0.15) is 5.69 Å². The normalized spacial score (nSPS) is 11.3. The van der Waals surface area contributed by atoms with E-state index < -0.39 is 23.3 Å². The van der Waals surface area contributed by atoms with Crippen LogP contribution in [-0.4, -0.2) is 16.1 Å². The second-order valence-corrected chi connectivity index (χ2v) is 4.00. The number of halogens is 3. The number of nitrogens with one attached hydrogen (secondary N) is 1. The van der Waals surface area contributed by atoms with E-state index in [2.05, 4.69) is 4.98 Å². The standard InChI is InChI=1S/C13H8F3NO3/c14-13(15,16)8-3-1-7(2-4-8)9-5-6-10(12(19)20)17-11(9)18/h1-6H,(H,17,18)(H,19,20). The second kappa shape index (κ2) is 4.84. The lowest BCUT2D eigenvalue weighted by atomic mass is 10.0. The van der Waals surface area contributed by atoms with Crippen LogP contribution in [0.2, 0.25) is 0 Å². The number of rotatable bonds is 2. The summed E-state index contributed by atoms with van der Waals surface area (Å²) in [6.07, 6.45) is -4.45. The molecule has 0 bridgehead atoms. The number of pyridine rings is 1.